The van der Waals surface area contributed by atoms with Crippen molar-refractivity contribution in [2.45, 2.75) is 33.2 Å². The Hall–Kier alpha value is -2.04. The number of hydrogen-bond acceptors (Lipinski definition) is 2. The van der Waals surface area contributed by atoms with Gasteiger partial charge in [-0.05, 0) is 44.0 Å². The zero-order valence-electron chi connectivity index (χ0n) is 11.7. The summed E-state index contributed by atoms with van der Waals surface area (Å²) in [5.41, 5.74) is 1.57. The van der Waals surface area contributed by atoms with Crippen LogP contribution in [0, 0.1) is 6.92 Å². The van der Waals surface area contributed by atoms with Crippen LogP contribution < -0.4 is 5.32 Å². The van der Waals surface area contributed by atoms with Crippen molar-refractivity contribution in [1.29, 1.82) is 0 Å². The average molecular weight is 264 g/mol. The van der Waals surface area contributed by atoms with E-state index in [1.807, 2.05) is 13.8 Å². The number of aromatic carboxylic acids is 1. The van der Waals surface area contributed by atoms with Gasteiger partial charge in [-0.15, -0.1) is 0 Å². The second-order valence-electron chi connectivity index (χ2n) is 4.63. The van der Waals surface area contributed by atoms with E-state index in [1.54, 1.807) is 31.0 Å². The molecular formula is C14H20N2O3. The molecule has 1 atom stereocenters. The highest BCUT2D eigenvalue weighted by atomic mass is 16.4. The van der Waals surface area contributed by atoms with Crippen LogP contribution in [0.25, 0.3) is 0 Å². The summed E-state index contributed by atoms with van der Waals surface area (Å²) < 4.78 is 0. The maximum atomic E-state index is 12.0. The van der Waals surface area contributed by atoms with Crippen molar-refractivity contribution in [3.05, 3.63) is 29.3 Å². The molecule has 0 bridgehead atoms. The Balaban J connectivity index is 2.83. The number of carboxylic acids is 1. The largest absolute Gasteiger partial charge is 0.478 e. The van der Waals surface area contributed by atoms with E-state index in [-0.39, 0.29) is 17.6 Å². The third-order valence-corrected chi connectivity index (χ3v) is 3.29. The highest BCUT2D eigenvalue weighted by Gasteiger charge is 2.15. The molecule has 5 nitrogen and oxygen atoms in total. The Bertz CT molecular complexity index is 486. The maximum Gasteiger partial charge on any atom is 0.335 e. The van der Waals surface area contributed by atoms with Crippen LogP contribution in [0.15, 0.2) is 18.2 Å². The second-order valence-corrected chi connectivity index (χ2v) is 4.63. The number of urea groups is 1. The molecule has 0 heterocycles. The Morgan fingerprint density at radius 1 is 1.42 bits per heavy atom. The number of amides is 2. The van der Waals surface area contributed by atoms with E-state index in [4.69, 9.17) is 5.11 Å². The fourth-order valence-corrected chi connectivity index (χ4v) is 1.61. The van der Waals surface area contributed by atoms with Gasteiger partial charge in [-0.1, -0.05) is 6.92 Å². The van der Waals surface area contributed by atoms with Gasteiger partial charge in [0, 0.05) is 18.8 Å². The Morgan fingerprint density at radius 2 is 2.05 bits per heavy atom. The van der Waals surface area contributed by atoms with Crippen molar-refractivity contribution in [2.24, 2.45) is 0 Å². The number of carbonyl (C=O) groups is 2. The number of nitrogens with zero attached hydrogens (tertiary/aromatic N) is 1. The summed E-state index contributed by atoms with van der Waals surface area (Å²) in [5.74, 6) is -0.974. The number of aryl methyl sites for hydroxylation is 1. The molecule has 0 saturated heterocycles. The van der Waals surface area contributed by atoms with E-state index in [9.17, 15) is 9.59 Å². The van der Waals surface area contributed by atoms with Crippen molar-refractivity contribution < 1.29 is 14.7 Å². The molecule has 0 fully saturated rings. The summed E-state index contributed by atoms with van der Waals surface area (Å²) in [6.07, 6.45) is 0.876. The van der Waals surface area contributed by atoms with Crippen LogP contribution in [0.2, 0.25) is 0 Å². The van der Waals surface area contributed by atoms with Crippen LogP contribution in [-0.2, 0) is 0 Å². The van der Waals surface area contributed by atoms with Gasteiger partial charge in [0.1, 0.15) is 0 Å². The molecule has 0 aromatic heterocycles. The van der Waals surface area contributed by atoms with Crippen LogP contribution in [0.5, 0.6) is 0 Å². The first-order chi connectivity index (χ1) is 8.86. The molecule has 19 heavy (non-hydrogen) atoms. The predicted octanol–water partition coefficient (Wildman–Crippen LogP) is 2.96. The molecule has 0 aliphatic rings. The normalized spacial score (nSPS) is 11.8. The molecular weight excluding hydrogens is 244 g/mol. The predicted molar refractivity (Wildman–Crippen MR) is 74.7 cm³/mol. The monoisotopic (exact) mass is 264 g/mol. The summed E-state index contributed by atoms with van der Waals surface area (Å²) in [5, 5.41) is 11.7. The first kappa shape index (κ1) is 15.0. The van der Waals surface area contributed by atoms with Gasteiger partial charge in [0.2, 0.25) is 0 Å². The minimum absolute atomic E-state index is 0.151. The van der Waals surface area contributed by atoms with E-state index in [1.165, 1.54) is 6.07 Å². The zero-order chi connectivity index (χ0) is 14.6. The Morgan fingerprint density at radius 3 is 2.53 bits per heavy atom. The van der Waals surface area contributed by atoms with E-state index in [2.05, 4.69) is 5.32 Å². The highest BCUT2D eigenvalue weighted by molar-refractivity contribution is 5.92. The summed E-state index contributed by atoms with van der Waals surface area (Å²) in [6, 6.07) is 4.59. The molecule has 0 spiro atoms. The number of carbonyl (C=O) groups excluding carboxylic acids is 1. The van der Waals surface area contributed by atoms with Crippen LogP contribution in [0.1, 0.15) is 36.2 Å². The number of anilines is 1. The van der Waals surface area contributed by atoms with Crippen molar-refractivity contribution >= 4 is 17.7 Å². The molecule has 0 radical (unpaired) electrons. The first-order valence-electron chi connectivity index (χ1n) is 6.24. The third kappa shape index (κ3) is 3.71. The van der Waals surface area contributed by atoms with E-state index in [0.29, 0.717) is 5.69 Å². The summed E-state index contributed by atoms with van der Waals surface area (Å²) in [7, 11) is 1.74. The van der Waals surface area contributed by atoms with Crippen molar-refractivity contribution in [3.63, 3.8) is 0 Å². The quantitative estimate of drug-likeness (QED) is 0.878. The molecule has 1 rings (SSSR count). The van der Waals surface area contributed by atoms with Gasteiger partial charge in [-0.25, -0.2) is 9.59 Å². The molecule has 2 N–H and O–H groups in total. The minimum Gasteiger partial charge on any atom is -0.478 e. The zero-order valence-corrected chi connectivity index (χ0v) is 11.7. The molecule has 2 amide bonds. The molecule has 1 unspecified atom stereocenters. The molecule has 1 aromatic rings. The fraction of sp³-hybridized carbons (Fsp3) is 0.429. The van der Waals surface area contributed by atoms with E-state index < -0.39 is 5.97 Å². The van der Waals surface area contributed by atoms with Gasteiger partial charge >= 0.3 is 12.0 Å². The number of benzene rings is 1. The summed E-state index contributed by atoms with van der Waals surface area (Å²) in [4.78, 5) is 24.4. The van der Waals surface area contributed by atoms with Crippen molar-refractivity contribution in [1.82, 2.24) is 4.90 Å². The minimum atomic E-state index is -0.974. The van der Waals surface area contributed by atoms with Crippen LogP contribution in [0.4, 0.5) is 10.5 Å². The van der Waals surface area contributed by atoms with Crippen molar-refractivity contribution in [2.75, 3.05) is 12.4 Å². The SMILES string of the molecule is CCC(C)N(C)C(=O)Nc1ccc(C(=O)O)cc1C. The van der Waals surface area contributed by atoms with Gasteiger partial charge in [0.15, 0.2) is 0 Å². The van der Waals surface area contributed by atoms with Gasteiger partial charge in [0.25, 0.3) is 0 Å². The fourth-order valence-electron chi connectivity index (χ4n) is 1.61. The number of carboxylic acid groups (broad SMARTS) is 1. The van der Waals surface area contributed by atoms with Crippen LogP contribution >= 0.6 is 0 Å². The molecule has 0 aliphatic carbocycles. The number of nitrogens with one attached hydrogen (secondary N) is 1. The topological polar surface area (TPSA) is 69.6 Å². The van der Waals surface area contributed by atoms with Gasteiger partial charge < -0.3 is 15.3 Å². The molecule has 104 valence electrons. The van der Waals surface area contributed by atoms with Crippen LogP contribution in [-0.4, -0.2) is 35.1 Å². The second kappa shape index (κ2) is 6.22. The lowest BCUT2D eigenvalue weighted by Crippen LogP contribution is -2.38. The number of rotatable bonds is 4. The first-order valence-corrected chi connectivity index (χ1v) is 6.24. The molecule has 0 saturated carbocycles. The van der Waals surface area contributed by atoms with E-state index >= 15 is 0 Å². The van der Waals surface area contributed by atoms with Gasteiger partial charge in [0.05, 0.1) is 5.56 Å². The standard InChI is InChI=1S/C14H20N2O3/c1-5-10(3)16(4)14(19)15-12-7-6-11(13(17)18)8-9(12)2/h6-8,10H,5H2,1-4H3,(H,15,19)(H,17,18). The number of hydrogen-bond donors (Lipinski definition) is 2. The summed E-state index contributed by atoms with van der Waals surface area (Å²) >= 11 is 0. The maximum absolute atomic E-state index is 12.0. The average Bonchev–Trinajstić information content (AvgIpc) is 2.38. The van der Waals surface area contributed by atoms with E-state index in [0.717, 1.165) is 12.0 Å². The third-order valence-electron chi connectivity index (χ3n) is 3.29. The lowest BCUT2D eigenvalue weighted by molar-refractivity contribution is 0.0697. The molecule has 5 heteroatoms. The lowest BCUT2D eigenvalue weighted by Gasteiger charge is -2.24. The summed E-state index contributed by atoms with van der Waals surface area (Å²) in [6.45, 7) is 5.76. The Labute approximate surface area is 113 Å². The van der Waals surface area contributed by atoms with Gasteiger partial charge in [-0.3, -0.25) is 0 Å². The Kier molecular flexibility index (Phi) is 4.92. The molecule has 1 aromatic carbocycles. The molecule has 0 aliphatic heterocycles. The highest BCUT2D eigenvalue weighted by Crippen LogP contribution is 2.17. The van der Waals surface area contributed by atoms with Crippen LogP contribution in [0.3, 0.4) is 0 Å². The smallest absolute Gasteiger partial charge is 0.335 e. The van der Waals surface area contributed by atoms with Gasteiger partial charge in [-0.2, -0.15) is 0 Å². The lowest BCUT2D eigenvalue weighted by atomic mass is 10.1. The van der Waals surface area contributed by atoms with Crippen molar-refractivity contribution in [3.8, 4) is 0 Å².